The second-order valence-corrected chi connectivity index (χ2v) is 6.13. The average Bonchev–Trinajstić information content (AvgIpc) is 2.76. The lowest BCUT2D eigenvalue weighted by atomic mass is 10.1. The van der Waals surface area contributed by atoms with E-state index in [9.17, 15) is 0 Å². The maximum absolute atomic E-state index is 6.02. The molecule has 19 heavy (non-hydrogen) atoms. The summed E-state index contributed by atoms with van der Waals surface area (Å²) in [5.41, 5.74) is 7.65. The first-order valence-electron chi connectivity index (χ1n) is 6.63. The summed E-state index contributed by atoms with van der Waals surface area (Å²) >= 11 is 1.65. The summed E-state index contributed by atoms with van der Waals surface area (Å²) in [7, 11) is 0. The molecule has 0 radical (unpaired) electrons. The third-order valence-corrected chi connectivity index (χ3v) is 4.26. The molecule has 1 aliphatic heterocycles. The van der Waals surface area contributed by atoms with Gasteiger partial charge < -0.3 is 15.2 Å². The van der Waals surface area contributed by atoms with Crippen LogP contribution in [-0.2, 0) is 4.74 Å². The van der Waals surface area contributed by atoms with Crippen LogP contribution in [0.4, 0.5) is 5.69 Å². The van der Waals surface area contributed by atoms with Crippen LogP contribution < -0.4 is 10.5 Å². The summed E-state index contributed by atoms with van der Waals surface area (Å²) in [5.74, 6) is 0.715. The van der Waals surface area contributed by atoms with Gasteiger partial charge in [-0.05, 0) is 32.3 Å². The minimum Gasteiger partial charge on any atom is -0.489 e. The van der Waals surface area contributed by atoms with Gasteiger partial charge in [-0.3, -0.25) is 0 Å². The summed E-state index contributed by atoms with van der Waals surface area (Å²) in [6.07, 6.45) is 3.63. The molecule has 0 amide bonds. The molecule has 1 saturated heterocycles. The molecule has 0 saturated carbocycles. The maximum Gasteiger partial charge on any atom is 0.144 e. The van der Waals surface area contributed by atoms with Crippen molar-refractivity contribution in [1.29, 1.82) is 0 Å². The monoisotopic (exact) mass is 278 g/mol. The number of rotatable bonds is 3. The Morgan fingerprint density at radius 3 is 3.16 bits per heavy atom. The number of aryl methyl sites for hydroxylation is 1. The van der Waals surface area contributed by atoms with Crippen molar-refractivity contribution >= 4 is 27.2 Å². The fourth-order valence-electron chi connectivity index (χ4n) is 2.33. The normalized spacial score (nSPS) is 19.7. The van der Waals surface area contributed by atoms with Crippen molar-refractivity contribution in [2.75, 3.05) is 18.9 Å². The molecule has 0 bridgehead atoms. The van der Waals surface area contributed by atoms with Gasteiger partial charge in [-0.2, -0.15) is 0 Å². The second kappa shape index (κ2) is 5.35. The standard InChI is InChI=1S/C14H18N2O2S/c1-9-16-12-7-13(11(15)6-14(12)19-9)18-8-10-4-2-3-5-17-10/h6-7,10H,2-5,8,15H2,1H3. The number of nitrogen functional groups attached to an aromatic ring is 1. The van der Waals surface area contributed by atoms with E-state index in [1.165, 1.54) is 6.42 Å². The quantitative estimate of drug-likeness (QED) is 0.876. The molecular weight excluding hydrogens is 260 g/mol. The van der Waals surface area contributed by atoms with Gasteiger partial charge in [0, 0.05) is 12.7 Å². The zero-order valence-corrected chi connectivity index (χ0v) is 11.8. The SMILES string of the molecule is Cc1nc2cc(OCC3CCCCO3)c(N)cc2s1. The van der Waals surface area contributed by atoms with Gasteiger partial charge in [0.15, 0.2) is 0 Å². The number of anilines is 1. The number of benzene rings is 1. The largest absolute Gasteiger partial charge is 0.489 e. The molecule has 4 nitrogen and oxygen atoms in total. The van der Waals surface area contributed by atoms with Crippen molar-refractivity contribution in [3.8, 4) is 5.75 Å². The highest BCUT2D eigenvalue weighted by molar-refractivity contribution is 7.18. The molecule has 0 spiro atoms. The molecule has 1 aromatic heterocycles. The zero-order valence-electron chi connectivity index (χ0n) is 11.0. The van der Waals surface area contributed by atoms with E-state index in [1.807, 2.05) is 19.1 Å². The maximum atomic E-state index is 6.02. The molecule has 102 valence electrons. The van der Waals surface area contributed by atoms with E-state index >= 15 is 0 Å². The molecule has 1 unspecified atom stereocenters. The molecule has 1 fully saturated rings. The highest BCUT2D eigenvalue weighted by atomic mass is 32.1. The summed E-state index contributed by atoms with van der Waals surface area (Å²) in [6.45, 7) is 3.41. The van der Waals surface area contributed by atoms with Crippen molar-refractivity contribution in [1.82, 2.24) is 4.98 Å². The minimum absolute atomic E-state index is 0.195. The smallest absolute Gasteiger partial charge is 0.144 e. The lowest BCUT2D eigenvalue weighted by Crippen LogP contribution is -2.25. The van der Waals surface area contributed by atoms with Crippen LogP contribution in [0.2, 0.25) is 0 Å². The number of nitrogens with zero attached hydrogens (tertiary/aromatic N) is 1. The van der Waals surface area contributed by atoms with Crippen LogP contribution in [0.1, 0.15) is 24.3 Å². The molecule has 3 rings (SSSR count). The van der Waals surface area contributed by atoms with Crippen LogP contribution >= 0.6 is 11.3 Å². The second-order valence-electron chi connectivity index (χ2n) is 4.89. The van der Waals surface area contributed by atoms with Crippen molar-refractivity contribution in [3.05, 3.63) is 17.1 Å². The predicted molar refractivity (Wildman–Crippen MR) is 77.9 cm³/mol. The van der Waals surface area contributed by atoms with Crippen LogP contribution in [-0.4, -0.2) is 24.3 Å². The van der Waals surface area contributed by atoms with Gasteiger partial charge in [0.25, 0.3) is 0 Å². The number of fused-ring (bicyclic) bond motifs is 1. The van der Waals surface area contributed by atoms with Gasteiger partial charge in [0.1, 0.15) is 12.4 Å². The van der Waals surface area contributed by atoms with Crippen LogP contribution in [0.3, 0.4) is 0 Å². The molecule has 1 aliphatic rings. The highest BCUT2D eigenvalue weighted by Crippen LogP contribution is 2.31. The van der Waals surface area contributed by atoms with Crippen LogP contribution in [0.5, 0.6) is 5.75 Å². The third kappa shape index (κ3) is 2.82. The number of hydrogen-bond donors (Lipinski definition) is 1. The van der Waals surface area contributed by atoms with Crippen molar-refractivity contribution in [3.63, 3.8) is 0 Å². The van der Waals surface area contributed by atoms with E-state index < -0.39 is 0 Å². The van der Waals surface area contributed by atoms with E-state index in [4.69, 9.17) is 15.2 Å². The molecule has 2 N–H and O–H groups in total. The Labute approximate surface area is 116 Å². The summed E-state index contributed by atoms with van der Waals surface area (Å²) in [6, 6.07) is 3.87. The summed E-state index contributed by atoms with van der Waals surface area (Å²) in [4.78, 5) is 4.46. The predicted octanol–water partition coefficient (Wildman–Crippen LogP) is 3.13. The molecule has 0 aliphatic carbocycles. The summed E-state index contributed by atoms with van der Waals surface area (Å²) < 4.78 is 12.6. The first-order chi connectivity index (χ1) is 9.22. The number of hydrogen-bond acceptors (Lipinski definition) is 5. The van der Waals surface area contributed by atoms with Crippen molar-refractivity contribution < 1.29 is 9.47 Å². The van der Waals surface area contributed by atoms with Gasteiger partial charge in [0.05, 0.1) is 27.0 Å². The zero-order chi connectivity index (χ0) is 13.2. The Morgan fingerprint density at radius 2 is 2.37 bits per heavy atom. The summed E-state index contributed by atoms with van der Waals surface area (Å²) in [5, 5.41) is 1.04. The van der Waals surface area contributed by atoms with Gasteiger partial charge in [0.2, 0.25) is 0 Å². The third-order valence-electron chi connectivity index (χ3n) is 3.33. The molecule has 2 heterocycles. The van der Waals surface area contributed by atoms with Gasteiger partial charge >= 0.3 is 0 Å². The Hall–Kier alpha value is -1.33. The lowest BCUT2D eigenvalue weighted by Gasteiger charge is -2.22. The average molecular weight is 278 g/mol. The Kier molecular flexibility index (Phi) is 3.57. The Balaban J connectivity index is 1.74. The molecule has 1 atom stereocenters. The number of aromatic nitrogens is 1. The number of nitrogens with two attached hydrogens (primary N) is 1. The first kappa shape index (κ1) is 12.7. The first-order valence-corrected chi connectivity index (χ1v) is 7.45. The topological polar surface area (TPSA) is 57.4 Å². The lowest BCUT2D eigenvalue weighted by molar-refractivity contribution is -0.0108. The van der Waals surface area contributed by atoms with Crippen LogP contribution in [0, 0.1) is 6.92 Å². The minimum atomic E-state index is 0.195. The van der Waals surface area contributed by atoms with E-state index in [0.29, 0.717) is 18.0 Å². The molecule has 2 aromatic rings. The van der Waals surface area contributed by atoms with Crippen LogP contribution in [0.25, 0.3) is 10.2 Å². The van der Waals surface area contributed by atoms with Crippen molar-refractivity contribution in [2.45, 2.75) is 32.3 Å². The fourth-order valence-corrected chi connectivity index (χ4v) is 3.19. The van der Waals surface area contributed by atoms with E-state index in [-0.39, 0.29) is 6.10 Å². The van der Waals surface area contributed by atoms with E-state index in [1.54, 1.807) is 11.3 Å². The number of ether oxygens (including phenoxy) is 2. The highest BCUT2D eigenvalue weighted by Gasteiger charge is 2.15. The van der Waals surface area contributed by atoms with Crippen molar-refractivity contribution in [2.24, 2.45) is 0 Å². The molecular formula is C14H18N2O2S. The molecule has 1 aromatic carbocycles. The van der Waals surface area contributed by atoms with Gasteiger partial charge in [-0.15, -0.1) is 11.3 Å². The Morgan fingerprint density at radius 1 is 1.47 bits per heavy atom. The van der Waals surface area contributed by atoms with Gasteiger partial charge in [-0.1, -0.05) is 0 Å². The van der Waals surface area contributed by atoms with Crippen LogP contribution in [0.15, 0.2) is 12.1 Å². The van der Waals surface area contributed by atoms with Gasteiger partial charge in [-0.25, -0.2) is 4.98 Å². The Bertz CT molecular complexity index is 576. The fraction of sp³-hybridized carbons (Fsp3) is 0.500. The van der Waals surface area contributed by atoms with E-state index in [2.05, 4.69) is 4.98 Å². The number of thiazole rings is 1. The van der Waals surface area contributed by atoms with E-state index in [0.717, 1.165) is 34.7 Å². The molecule has 5 heteroatoms.